The Labute approximate surface area is 80.7 Å². The molecule has 0 aliphatic carbocycles. The highest BCUT2D eigenvalue weighted by Gasteiger charge is 2.09. The van der Waals surface area contributed by atoms with Gasteiger partial charge in [-0.3, -0.25) is 4.79 Å². The Hall–Kier alpha value is -0.610. The first kappa shape index (κ1) is 12.4. The third kappa shape index (κ3) is 6.54. The maximum absolute atomic E-state index is 11.2. The van der Waals surface area contributed by atoms with E-state index in [1.54, 1.807) is 0 Å². The Kier molecular flexibility index (Phi) is 6.54. The van der Waals surface area contributed by atoms with Crippen LogP contribution in [-0.4, -0.2) is 50.6 Å². The Balaban J connectivity index is 3.49. The van der Waals surface area contributed by atoms with E-state index in [9.17, 15) is 4.79 Å². The molecule has 4 nitrogen and oxygen atoms in total. The molecule has 0 aromatic heterocycles. The predicted octanol–water partition coefficient (Wildman–Crippen LogP) is -0.338. The summed E-state index contributed by atoms with van der Waals surface area (Å²) in [6.45, 7) is 6.28. The predicted molar refractivity (Wildman–Crippen MR) is 54.7 cm³/mol. The second-order valence-electron chi connectivity index (χ2n) is 3.37. The molecule has 0 saturated heterocycles. The van der Waals surface area contributed by atoms with Crippen LogP contribution in [-0.2, 0) is 4.79 Å². The molecule has 0 spiro atoms. The van der Waals surface area contributed by atoms with E-state index < -0.39 is 0 Å². The Morgan fingerprint density at radius 1 is 1.46 bits per heavy atom. The minimum Gasteiger partial charge on any atom is -0.355 e. The third-order valence-corrected chi connectivity index (χ3v) is 1.75. The van der Waals surface area contributed by atoms with E-state index >= 15 is 0 Å². The Morgan fingerprint density at radius 3 is 2.54 bits per heavy atom. The van der Waals surface area contributed by atoms with E-state index in [0.29, 0.717) is 6.54 Å². The highest BCUT2D eigenvalue weighted by Crippen LogP contribution is 1.81. The lowest BCUT2D eigenvalue weighted by Crippen LogP contribution is -2.44. The standard InChI is InChI=1S/C9H21N3O/c1-5-10-9(13)8(2)11-6-7-12(3)4/h8,11H,5-7H2,1-4H3,(H,10,13). The lowest BCUT2D eigenvalue weighted by Gasteiger charge is -2.15. The van der Waals surface area contributed by atoms with Crippen LogP contribution in [0.4, 0.5) is 0 Å². The molecule has 0 fully saturated rings. The fraction of sp³-hybridized carbons (Fsp3) is 0.889. The van der Waals surface area contributed by atoms with Gasteiger partial charge in [0.2, 0.25) is 5.91 Å². The molecule has 0 saturated carbocycles. The molecule has 0 aromatic carbocycles. The maximum atomic E-state index is 11.2. The van der Waals surface area contributed by atoms with E-state index in [4.69, 9.17) is 0 Å². The Morgan fingerprint density at radius 2 is 2.08 bits per heavy atom. The quantitative estimate of drug-likeness (QED) is 0.598. The number of hydrogen-bond acceptors (Lipinski definition) is 3. The van der Waals surface area contributed by atoms with Crippen LogP contribution in [0.2, 0.25) is 0 Å². The molecule has 0 aliphatic rings. The van der Waals surface area contributed by atoms with E-state index in [-0.39, 0.29) is 11.9 Å². The average Bonchev–Trinajstić information content (AvgIpc) is 2.04. The van der Waals surface area contributed by atoms with Crippen molar-refractivity contribution < 1.29 is 4.79 Å². The normalized spacial score (nSPS) is 13.0. The van der Waals surface area contributed by atoms with Crippen LogP contribution in [0, 0.1) is 0 Å². The van der Waals surface area contributed by atoms with Crippen LogP contribution in [0.3, 0.4) is 0 Å². The lowest BCUT2D eigenvalue weighted by molar-refractivity contribution is -0.122. The van der Waals surface area contributed by atoms with E-state index in [1.807, 2.05) is 27.9 Å². The van der Waals surface area contributed by atoms with Gasteiger partial charge in [-0.15, -0.1) is 0 Å². The number of nitrogens with zero attached hydrogens (tertiary/aromatic N) is 1. The van der Waals surface area contributed by atoms with Gasteiger partial charge < -0.3 is 15.5 Å². The molecule has 0 aliphatic heterocycles. The smallest absolute Gasteiger partial charge is 0.236 e. The molecule has 1 atom stereocenters. The summed E-state index contributed by atoms with van der Waals surface area (Å²) in [5.41, 5.74) is 0. The van der Waals surface area contributed by atoms with Crippen LogP contribution in [0.25, 0.3) is 0 Å². The first-order valence-electron chi connectivity index (χ1n) is 4.73. The summed E-state index contributed by atoms with van der Waals surface area (Å²) >= 11 is 0. The van der Waals surface area contributed by atoms with Crippen molar-refractivity contribution in [3.63, 3.8) is 0 Å². The molecule has 13 heavy (non-hydrogen) atoms. The highest BCUT2D eigenvalue weighted by atomic mass is 16.2. The van der Waals surface area contributed by atoms with E-state index in [0.717, 1.165) is 13.1 Å². The van der Waals surface area contributed by atoms with Crippen LogP contribution in [0.1, 0.15) is 13.8 Å². The summed E-state index contributed by atoms with van der Waals surface area (Å²) in [4.78, 5) is 13.3. The second-order valence-corrected chi connectivity index (χ2v) is 3.37. The minimum atomic E-state index is -0.0973. The van der Waals surface area contributed by atoms with Crippen LogP contribution in [0.15, 0.2) is 0 Å². The monoisotopic (exact) mass is 187 g/mol. The van der Waals surface area contributed by atoms with Gasteiger partial charge in [-0.25, -0.2) is 0 Å². The molecular formula is C9H21N3O. The summed E-state index contributed by atoms with van der Waals surface area (Å²) < 4.78 is 0. The average molecular weight is 187 g/mol. The molecule has 1 unspecified atom stereocenters. The number of nitrogens with one attached hydrogen (secondary N) is 2. The summed E-state index contributed by atoms with van der Waals surface area (Å²) in [6.07, 6.45) is 0. The van der Waals surface area contributed by atoms with Crippen molar-refractivity contribution in [2.24, 2.45) is 0 Å². The number of carbonyl (C=O) groups excluding carboxylic acids is 1. The van der Waals surface area contributed by atoms with Crippen molar-refractivity contribution in [1.29, 1.82) is 0 Å². The number of rotatable bonds is 6. The molecule has 0 radical (unpaired) electrons. The van der Waals surface area contributed by atoms with Gasteiger partial charge in [-0.05, 0) is 27.9 Å². The second kappa shape index (κ2) is 6.86. The zero-order chi connectivity index (χ0) is 10.3. The highest BCUT2D eigenvalue weighted by molar-refractivity contribution is 5.81. The van der Waals surface area contributed by atoms with Crippen molar-refractivity contribution in [3.05, 3.63) is 0 Å². The maximum Gasteiger partial charge on any atom is 0.236 e. The fourth-order valence-corrected chi connectivity index (χ4v) is 0.925. The minimum absolute atomic E-state index is 0.0706. The van der Waals surface area contributed by atoms with Crippen LogP contribution >= 0.6 is 0 Å². The molecular weight excluding hydrogens is 166 g/mol. The summed E-state index contributed by atoms with van der Waals surface area (Å²) in [6, 6.07) is -0.0973. The number of carbonyl (C=O) groups is 1. The van der Waals surface area contributed by atoms with Crippen molar-refractivity contribution >= 4 is 5.91 Å². The molecule has 0 rings (SSSR count). The molecule has 0 aromatic rings. The van der Waals surface area contributed by atoms with Gasteiger partial charge in [0.15, 0.2) is 0 Å². The SMILES string of the molecule is CCNC(=O)C(C)NCCN(C)C. The molecule has 1 amide bonds. The van der Waals surface area contributed by atoms with Gasteiger partial charge in [-0.1, -0.05) is 0 Å². The Bertz CT molecular complexity index is 148. The summed E-state index contributed by atoms with van der Waals surface area (Å²) in [5, 5.41) is 5.91. The van der Waals surface area contributed by atoms with Gasteiger partial charge in [0.05, 0.1) is 6.04 Å². The summed E-state index contributed by atoms with van der Waals surface area (Å²) in [7, 11) is 4.02. The topological polar surface area (TPSA) is 44.4 Å². The molecule has 0 bridgehead atoms. The van der Waals surface area contributed by atoms with Gasteiger partial charge >= 0.3 is 0 Å². The zero-order valence-corrected chi connectivity index (χ0v) is 9.05. The van der Waals surface area contributed by atoms with Gasteiger partial charge in [0.25, 0.3) is 0 Å². The van der Waals surface area contributed by atoms with Gasteiger partial charge in [-0.2, -0.15) is 0 Å². The van der Waals surface area contributed by atoms with Crippen LogP contribution in [0.5, 0.6) is 0 Å². The molecule has 2 N–H and O–H groups in total. The van der Waals surface area contributed by atoms with Crippen molar-refractivity contribution in [3.8, 4) is 0 Å². The number of likely N-dealkylation sites (N-methyl/N-ethyl adjacent to an activating group) is 2. The van der Waals surface area contributed by atoms with Crippen molar-refractivity contribution in [2.75, 3.05) is 33.7 Å². The van der Waals surface area contributed by atoms with E-state index in [1.165, 1.54) is 0 Å². The first-order valence-corrected chi connectivity index (χ1v) is 4.73. The number of hydrogen-bond donors (Lipinski definition) is 2. The zero-order valence-electron chi connectivity index (χ0n) is 9.05. The third-order valence-electron chi connectivity index (χ3n) is 1.75. The molecule has 0 heterocycles. The van der Waals surface area contributed by atoms with E-state index in [2.05, 4.69) is 15.5 Å². The summed E-state index contributed by atoms with van der Waals surface area (Å²) in [5.74, 6) is 0.0706. The fourth-order valence-electron chi connectivity index (χ4n) is 0.925. The van der Waals surface area contributed by atoms with Crippen molar-refractivity contribution in [2.45, 2.75) is 19.9 Å². The first-order chi connectivity index (χ1) is 6.07. The molecule has 4 heteroatoms. The van der Waals surface area contributed by atoms with Gasteiger partial charge in [0.1, 0.15) is 0 Å². The number of amides is 1. The largest absolute Gasteiger partial charge is 0.355 e. The lowest BCUT2D eigenvalue weighted by atomic mass is 10.3. The van der Waals surface area contributed by atoms with Gasteiger partial charge in [0, 0.05) is 19.6 Å². The van der Waals surface area contributed by atoms with Crippen LogP contribution < -0.4 is 10.6 Å². The van der Waals surface area contributed by atoms with Crippen molar-refractivity contribution in [1.82, 2.24) is 15.5 Å². The molecule has 78 valence electrons.